The van der Waals surface area contributed by atoms with E-state index in [4.69, 9.17) is 9.84 Å². The molecule has 1 atom stereocenters. The maximum absolute atomic E-state index is 13.8. The summed E-state index contributed by atoms with van der Waals surface area (Å²) in [5.41, 5.74) is 1.36. The van der Waals surface area contributed by atoms with Crippen molar-refractivity contribution in [2.45, 2.75) is 12.1 Å². The van der Waals surface area contributed by atoms with Gasteiger partial charge in [-0.1, -0.05) is 0 Å². The number of thioether (sulfide) groups is 1. The van der Waals surface area contributed by atoms with Gasteiger partial charge in [0.2, 0.25) is 0 Å². The Morgan fingerprint density at radius 1 is 1.25 bits per heavy atom. The Balaban J connectivity index is 1.73. The number of ether oxygens (including phenoxy) is 1. The molecule has 2 aliphatic heterocycles. The minimum Gasteiger partial charge on any atom is -0.497 e. The second kappa shape index (κ2) is 6.34. The molecule has 5 rings (SSSR count). The van der Waals surface area contributed by atoms with E-state index in [0.717, 1.165) is 17.9 Å². The van der Waals surface area contributed by atoms with Gasteiger partial charge >= 0.3 is 0 Å². The van der Waals surface area contributed by atoms with Gasteiger partial charge < -0.3 is 10.1 Å². The van der Waals surface area contributed by atoms with Gasteiger partial charge in [0.1, 0.15) is 17.2 Å². The van der Waals surface area contributed by atoms with E-state index < -0.39 is 11.2 Å². The van der Waals surface area contributed by atoms with E-state index in [1.54, 1.807) is 49.2 Å². The zero-order valence-corrected chi connectivity index (χ0v) is 15.9. The molecule has 1 aromatic heterocycles. The first-order valence-corrected chi connectivity index (χ1v) is 10.1. The summed E-state index contributed by atoms with van der Waals surface area (Å²) in [7, 11) is 1.59. The van der Waals surface area contributed by atoms with Gasteiger partial charge in [0.15, 0.2) is 11.5 Å². The Morgan fingerprint density at radius 3 is 2.79 bits per heavy atom. The Morgan fingerprint density at radius 2 is 2.07 bits per heavy atom. The van der Waals surface area contributed by atoms with Gasteiger partial charge in [-0.2, -0.15) is 21.8 Å². The van der Waals surface area contributed by atoms with Crippen molar-refractivity contribution in [2.75, 3.05) is 23.9 Å². The molecule has 0 saturated carbocycles. The Kier molecular flexibility index (Phi) is 3.90. The zero-order chi connectivity index (χ0) is 19.3. The fourth-order valence-corrected chi connectivity index (χ4v) is 5.03. The lowest BCUT2D eigenvalue weighted by Gasteiger charge is -2.38. The van der Waals surface area contributed by atoms with Crippen molar-refractivity contribution < 1.29 is 9.13 Å². The van der Waals surface area contributed by atoms with Crippen molar-refractivity contribution in [1.82, 2.24) is 14.8 Å². The fraction of sp³-hybridized carbons (Fsp3) is 0.250. The first-order valence-electron chi connectivity index (χ1n) is 8.92. The first kappa shape index (κ1) is 17.2. The molecule has 1 fully saturated rings. The number of rotatable bonds is 2. The van der Waals surface area contributed by atoms with E-state index in [-0.39, 0.29) is 11.5 Å². The Labute approximate surface area is 164 Å². The first-order chi connectivity index (χ1) is 13.6. The van der Waals surface area contributed by atoms with E-state index >= 15 is 0 Å². The quantitative estimate of drug-likeness (QED) is 0.717. The minimum absolute atomic E-state index is 0.287. The summed E-state index contributed by atoms with van der Waals surface area (Å²) >= 11 is 1.79. The van der Waals surface area contributed by atoms with E-state index in [0.29, 0.717) is 28.4 Å². The predicted octanol–water partition coefficient (Wildman–Crippen LogP) is 3.34. The molecule has 0 unspecified atom stereocenters. The highest BCUT2D eigenvalue weighted by molar-refractivity contribution is 7.99. The van der Waals surface area contributed by atoms with Crippen LogP contribution in [0.3, 0.4) is 0 Å². The smallest absolute Gasteiger partial charge is 0.300 e. The van der Waals surface area contributed by atoms with Gasteiger partial charge in [-0.25, -0.2) is 9.07 Å². The van der Waals surface area contributed by atoms with Crippen LogP contribution in [0.5, 0.6) is 5.75 Å². The molecule has 2 aromatic carbocycles. The Bertz CT molecular complexity index is 1120. The molecular formula is C20H17FN4O2S. The highest BCUT2D eigenvalue weighted by atomic mass is 32.2. The third-order valence-corrected chi connectivity index (χ3v) is 6.34. The average molecular weight is 396 g/mol. The van der Waals surface area contributed by atoms with Crippen molar-refractivity contribution in [3.8, 4) is 28.4 Å². The number of fused-ring (bicyclic) bond motifs is 4. The van der Waals surface area contributed by atoms with Crippen LogP contribution in [0.25, 0.3) is 22.6 Å². The second-order valence-electron chi connectivity index (χ2n) is 6.88. The molecule has 0 bridgehead atoms. The molecule has 8 heteroatoms. The van der Waals surface area contributed by atoms with Crippen LogP contribution in [0.1, 0.15) is 6.42 Å². The zero-order valence-electron chi connectivity index (χ0n) is 15.1. The number of hydrogen-bond donors (Lipinski definition) is 1. The van der Waals surface area contributed by atoms with Gasteiger partial charge in [-0.15, -0.1) is 0 Å². The average Bonchev–Trinajstić information content (AvgIpc) is 3.16. The van der Waals surface area contributed by atoms with Crippen LogP contribution < -0.4 is 15.6 Å². The number of hydrogen-bond acceptors (Lipinski definition) is 6. The number of methoxy groups -OCH3 is 1. The Hall–Kier alpha value is -2.87. The van der Waals surface area contributed by atoms with Crippen molar-refractivity contribution in [1.29, 1.82) is 0 Å². The van der Waals surface area contributed by atoms with Gasteiger partial charge in [-0.05, 0) is 48.2 Å². The second-order valence-corrected chi connectivity index (χ2v) is 7.98. The number of anilines is 1. The molecule has 0 amide bonds. The highest BCUT2D eigenvalue weighted by Crippen LogP contribution is 2.43. The summed E-state index contributed by atoms with van der Waals surface area (Å²) in [6.45, 7) is 0. The predicted molar refractivity (Wildman–Crippen MR) is 107 cm³/mol. The molecule has 28 heavy (non-hydrogen) atoms. The lowest BCUT2D eigenvalue weighted by atomic mass is 10.0. The van der Waals surface area contributed by atoms with Crippen LogP contribution in [0.15, 0.2) is 47.3 Å². The molecule has 0 aliphatic carbocycles. The van der Waals surface area contributed by atoms with Gasteiger partial charge in [-0.3, -0.25) is 4.79 Å². The maximum atomic E-state index is 13.8. The monoisotopic (exact) mass is 396 g/mol. The van der Waals surface area contributed by atoms with E-state index in [1.807, 2.05) is 4.68 Å². The highest BCUT2D eigenvalue weighted by Gasteiger charge is 2.43. The van der Waals surface area contributed by atoms with Crippen LogP contribution in [0, 0.1) is 5.82 Å². The van der Waals surface area contributed by atoms with Crippen LogP contribution in [0.4, 0.5) is 10.1 Å². The van der Waals surface area contributed by atoms with Crippen molar-refractivity contribution >= 4 is 17.4 Å². The summed E-state index contributed by atoms with van der Waals surface area (Å²) < 4.78 is 20.8. The van der Waals surface area contributed by atoms with Crippen LogP contribution in [-0.4, -0.2) is 33.4 Å². The van der Waals surface area contributed by atoms with Crippen LogP contribution >= 0.6 is 11.8 Å². The fourth-order valence-electron chi connectivity index (χ4n) is 3.73. The standard InChI is InChI=1S/C20H17FN4O2S/c1-27-14-5-2-12(3-6-14)17-19(26)22-18-15-7-4-13(21)10-16(15)23-20(25(18)24-17)8-9-28-11-20/h2-7,10,23H,8-9,11H2,1H3/t20-/m1/s1. The number of aromatic nitrogens is 3. The van der Waals surface area contributed by atoms with Crippen molar-refractivity contribution in [2.24, 2.45) is 0 Å². The van der Waals surface area contributed by atoms with Crippen molar-refractivity contribution in [3.05, 3.63) is 58.6 Å². The summed E-state index contributed by atoms with van der Waals surface area (Å²) in [4.78, 5) is 17.2. The molecule has 142 valence electrons. The van der Waals surface area contributed by atoms with E-state index in [2.05, 4.69) is 10.3 Å². The lowest BCUT2D eigenvalue weighted by molar-refractivity contribution is 0.332. The van der Waals surface area contributed by atoms with Crippen molar-refractivity contribution in [3.63, 3.8) is 0 Å². The maximum Gasteiger partial charge on any atom is 0.300 e. The lowest BCUT2D eigenvalue weighted by Crippen LogP contribution is -2.47. The number of benzene rings is 2. The van der Waals surface area contributed by atoms with Crippen LogP contribution in [-0.2, 0) is 5.66 Å². The molecule has 6 nitrogen and oxygen atoms in total. The normalized spacial score (nSPS) is 19.8. The molecular weight excluding hydrogens is 379 g/mol. The molecule has 2 aliphatic rings. The summed E-state index contributed by atoms with van der Waals surface area (Å²) in [5.74, 6) is 2.55. The number of nitrogens with zero attached hydrogens (tertiary/aromatic N) is 3. The number of halogens is 1. The van der Waals surface area contributed by atoms with Crippen LogP contribution in [0.2, 0.25) is 0 Å². The SMILES string of the molecule is COc1ccc(-c2nn3c(nc2=O)-c2ccc(F)cc2N[C@]32CCSC2)cc1. The molecule has 3 heterocycles. The number of nitrogens with one attached hydrogen (secondary N) is 1. The van der Waals surface area contributed by atoms with Gasteiger partial charge in [0.05, 0.1) is 7.11 Å². The molecule has 3 aromatic rings. The summed E-state index contributed by atoms with van der Waals surface area (Å²) in [5, 5.41) is 8.19. The third kappa shape index (κ3) is 2.59. The van der Waals surface area contributed by atoms with E-state index in [1.165, 1.54) is 12.1 Å². The minimum atomic E-state index is -0.525. The third-order valence-electron chi connectivity index (χ3n) is 5.17. The largest absolute Gasteiger partial charge is 0.497 e. The molecule has 1 N–H and O–H groups in total. The summed E-state index contributed by atoms with van der Waals surface area (Å²) in [6, 6.07) is 11.6. The molecule has 0 radical (unpaired) electrons. The van der Waals surface area contributed by atoms with Gasteiger partial charge in [0, 0.05) is 29.0 Å². The summed E-state index contributed by atoms with van der Waals surface area (Å²) in [6.07, 6.45) is 0.806. The molecule has 1 saturated heterocycles. The van der Waals surface area contributed by atoms with E-state index in [9.17, 15) is 9.18 Å². The van der Waals surface area contributed by atoms with Gasteiger partial charge in [0.25, 0.3) is 5.56 Å². The molecule has 1 spiro atoms. The topological polar surface area (TPSA) is 69.0 Å².